The highest BCUT2D eigenvalue weighted by atomic mass is 19.1. The molecule has 130 valence electrons. The Morgan fingerprint density at radius 2 is 1.84 bits per heavy atom. The fourth-order valence-electron chi connectivity index (χ4n) is 2.07. The van der Waals surface area contributed by atoms with Crippen LogP contribution >= 0.6 is 0 Å². The Balaban J connectivity index is 1.88. The van der Waals surface area contributed by atoms with Crippen molar-refractivity contribution in [3.05, 3.63) is 65.5 Å². The highest BCUT2D eigenvalue weighted by molar-refractivity contribution is 5.96. The summed E-state index contributed by atoms with van der Waals surface area (Å²) in [6.07, 6.45) is -1.17. The quantitative estimate of drug-likeness (QED) is 0.784. The van der Waals surface area contributed by atoms with E-state index in [9.17, 15) is 18.8 Å². The summed E-state index contributed by atoms with van der Waals surface area (Å²) in [5.74, 6) is -2.19. The third-order valence-electron chi connectivity index (χ3n) is 3.35. The maximum absolute atomic E-state index is 13.1. The average molecular weight is 344 g/mol. The summed E-state index contributed by atoms with van der Waals surface area (Å²) in [4.78, 5) is 34.9. The topological polar surface area (TPSA) is 98.5 Å². The van der Waals surface area contributed by atoms with Crippen LogP contribution in [0.2, 0.25) is 0 Å². The summed E-state index contributed by atoms with van der Waals surface area (Å²) in [6, 6.07) is 11.6. The standard InChI is InChI=1S/C18H17FN2O4/c1-11(25-16(22)10-12-3-2-4-14(19)9-12)18(24)21-15-7-5-13(6-8-15)17(20)23/h2-9,11H,10H2,1H3,(H2,20,23)(H,21,24)/t11-/m1/s1. The molecule has 0 aliphatic heterocycles. The van der Waals surface area contributed by atoms with Crippen LogP contribution in [0.5, 0.6) is 0 Å². The lowest BCUT2D eigenvalue weighted by molar-refractivity contribution is -0.152. The van der Waals surface area contributed by atoms with Gasteiger partial charge in [0.25, 0.3) is 5.91 Å². The lowest BCUT2D eigenvalue weighted by Crippen LogP contribution is -2.30. The predicted octanol–water partition coefficient (Wildman–Crippen LogP) is 2.04. The zero-order chi connectivity index (χ0) is 18.4. The molecule has 3 N–H and O–H groups in total. The Morgan fingerprint density at radius 1 is 1.16 bits per heavy atom. The molecule has 0 saturated carbocycles. The number of amides is 2. The molecule has 7 heteroatoms. The molecule has 0 spiro atoms. The molecule has 0 heterocycles. The van der Waals surface area contributed by atoms with E-state index in [0.717, 1.165) is 0 Å². The monoisotopic (exact) mass is 344 g/mol. The van der Waals surface area contributed by atoms with Gasteiger partial charge in [-0.3, -0.25) is 14.4 Å². The summed E-state index contributed by atoms with van der Waals surface area (Å²) >= 11 is 0. The highest BCUT2D eigenvalue weighted by Gasteiger charge is 2.18. The smallest absolute Gasteiger partial charge is 0.311 e. The number of carbonyl (C=O) groups excluding carboxylic acids is 3. The minimum Gasteiger partial charge on any atom is -0.452 e. The maximum Gasteiger partial charge on any atom is 0.311 e. The molecule has 2 aromatic rings. The van der Waals surface area contributed by atoms with Gasteiger partial charge >= 0.3 is 5.97 Å². The van der Waals surface area contributed by atoms with Crippen LogP contribution in [0, 0.1) is 5.82 Å². The van der Waals surface area contributed by atoms with Gasteiger partial charge in [-0.05, 0) is 48.9 Å². The molecule has 0 aromatic heterocycles. The van der Waals surface area contributed by atoms with Crippen LogP contribution in [0.1, 0.15) is 22.8 Å². The van der Waals surface area contributed by atoms with Gasteiger partial charge in [0.1, 0.15) is 5.82 Å². The van der Waals surface area contributed by atoms with E-state index in [0.29, 0.717) is 16.8 Å². The highest BCUT2D eigenvalue weighted by Crippen LogP contribution is 2.11. The summed E-state index contributed by atoms with van der Waals surface area (Å²) in [5.41, 5.74) is 6.34. The Bertz CT molecular complexity index is 790. The number of hydrogen-bond donors (Lipinski definition) is 2. The van der Waals surface area contributed by atoms with Crippen molar-refractivity contribution in [3.63, 3.8) is 0 Å². The molecule has 0 aliphatic rings. The van der Waals surface area contributed by atoms with Crippen LogP contribution in [-0.4, -0.2) is 23.9 Å². The number of hydrogen-bond acceptors (Lipinski definition) is 4. The van der Waals surface area contributed by atoms with Gasteiger partial charge in [0.05, 0.1) is 6.42 Å². The Labute approximate surface area is 143 Å². The maximum atomic E-state index is 13.1. The van der Waals surface area contributed by atoms with Crippen molar-refractivity contribution >= 4 is 23.5 Å². The van der Waals surface area contributed by atoms with Crippen LogP contribution in [0.4, 0.5) is 10.1 Å². The van der Waals surface area contributed by atoms with E-state index in [-0.39, 0.29) is 6.42 Å². The molecule has 0 radical (unpaired) electrons. The van der Waals surface area contributed by atoms with Crippen molar-refractivity contribution in [2.75, 3.05) is 5.32 Å². The zero-order valence-electron chi connectivity index (χ0n) is 13.5. The number of halogens is 1. The number of carbonyl (C=O) groups is 3. The van der Waals surface area contributed by atoms with E-state index >= 15 is 0 Å². The van der Waals surface area contributed by atoms with E-state index in [2.05, 4.69) is 5.32 Å². The van der Waals surface area contributed by atoms with Crippen LogP contribution in [0.25, 0.3) is 0 Å². The molecule has 25 heavy (non-hydrogen) atoms. The molecule has 0 fully saturated rings. The fraction of sp³-hybridized carbons (Fsp3) is 0.167. The normalized spacial score (nSPS) is 11.4. The number of primary amides is 1. The lowest BCUT2D eigenvalue weighted by atomic mass is 10.1. The first-order valence-electron chi connectivity index (χ1n) is 7.50. The van der Waals surface area contributed by atoms with Crippen molar-refractivity contribution in [1.29, 1.82) is 0 Å². The molecule has 2 aromatic carbocycles. The van der Waals surface area contributed by atoms with Crippen LogP contribution in [0.15, 0.2) is 48.5 Å². The van der Waals surface area contributed by atoms with Crippen LogP contribution < -0.4 is 11.1 Å². The second-order valence-electron chi connectivity index (χ2n) is 5.37. The molecular formula is C18H17FN2O4. The average Bonchev–Trinajstić information content (AvgIpc) is 2.55. The molecule has 0 bridgehead atoms. The molecule has 0 unspecified atom stereocenters. The van der Waals surface area contributed by atoms with Crippen LogP contribution in [0.3, 0.4) is 0 Å². The zero-order valence-corrected chi connectivity index (χ0v) is 13.5. The molecule has 0 saturated heterocycles. The van der Waals surface area contributed by atoms with E-state index in [1.807, 2.05) is 0 Å². The minimum atomic E-state index is -1.03. The van der Waals surface area contributed by atoms with Crippen LogP contribution in [-0.2, 0) is 20.7 Å². The number of rotatable bonds is 6. The van der Waals surface area contributed by atoms with Gasteiger partial charge in [0, 0.05) is 11.3 Å². The third-order valence-corrected chi connectivity index (χ3v) is 3.35. The van der Waals surface area contributed by atoms with Gasteiger partial charge in [-0.2, -0.15) is 0 Å². The molecule has 1 atom stereocenters. The summed E-state index contributed by atoms with van der Waals surface area (Å²) in [7, 11) is 0. The lowest BCUT2D eigenvalue weighted by Gasteiger charge is -2.13. The number of esters is 1. The first-order valence-corrected chi connectivity index (χ1v) is 7.50. The Kier molecular flexibility index (Phi) is 5.84. The minimum absolute atomic E-state index is 0.136. The van der Waals surface area contributed by atoms with Gasteiger partial charge < -0.3 is 15.8 Å². The van der Waals surface area contributed by atoms with Crippen molar-refractivity contribution < 1.29 is 23.5 Å². The Hall–Kier alpha value is -3.22. The van der Waals surface area contributed by atoms with Crippen molar-refractivity contribution in [3.8, 4) is 0 Å². The number of benzene rings is 2. The summed E-state index contributed by atoms with van der Waals surface area (Å²) in [5, 5.41) is 2.56. The molecule has 6 nitrogen and oxygen atoms in total. The second kappa shape index (κ2) is 8.05. The molecule has 2 rings (SSSR count). The van der Waals surface area contributed by atoms with Gasteiger partial charge in [-0.1, -0.05) is 12.1 Å². The van der Waals surface area contributed by atoms with Gasteiger partial charge in [-0.25, -0.2) is 4.39 Å². The largest absolute Gasteiger partial charge is 0.452 e. The van der Waals surface area contributed by atoms with Crippen molar-refractivity contribution in [2.45, 2.75) is 19.4 Å². The third kappa shape index (κ3) is 5.42. The molecular weight excluding hydrogens is 327 g/mol. The number of nitrogens with one attached hydrogen (secondary N) is 1. The van der Waals surface area contributed by atoms with Crippen molar-refractivity contribution in [2.24, 2.45) is 5.73 Å². The number of ether oxygens (including phenoxy) is 1. The molecule has 0 aliphatic carbocycles. The van der Waals surface area contributed by atoms with E-state index < -0.39 is 29.7 Å². The van der Waals surface area contributed by atoms with Gasteiger partial charge in [0.15, 0.2) is 6.10 Å². The van der Waals surface area contributed by atoms with E-state index in [4.69, 9.17) is 10.5 Å². The second-order valence-corrected chi connectivity index (χ2v) is 5.37. The predicted molar refractivity (Wildman–Crippen MR) is 89.2 cm³/mol. The van der Waals surface area contributed by atoms with Gasteiger partial charge in [0.2, 0.25) is 5.91 Å². The number of nitrogens with two attached hydrogens (primary N) is 1. The summed E-state index contributed by atoms with van der Waals surface area (Å²) < 4.78 is 18.1. The Morgan fingerprint density at radius 3 is 2.44 bits per heavy atom. The summed E-state index contributed by atoms with van der Waals surface area (Å²) in [6.45, 7) is 1.43. The van der Waals surface area contributed by atoms with E-state index in [1.165, 1.54) is 49.4 Å². The fourth-order valence-corrected chi connectivity index (χ4v) is 2.07. The van der Waals surface area contributed by atoms with E-state index in [1.54, 1.807) is 6.07 Å². The SMILES string of the molecule is C[C@@H](OC(=O)Cc1cccc(F)c1)C(=O)Nc1ccc(C(N)=O)cc1. The van der Waals surface area contributed by atoms with Gasteiger partial charge in [-0.15, -0.1) is 0 Å². The molecule has 2 amide bonds. The van der Waals surface area contributed by atoms with Crippen molar-refractivity contribution in [1.82, 2.24) is 0 Å². The first-order chi connectivity index (χ1) is 11.8. The first kappa shape index (κ1) is 18.1. The number of anilines is 1.